The quantitative estimate of drug-likeness (QED) is 0.463. The van der Waals surface area contributed by atoms with Crippen LogP contribution in [-0.2, 0) is 11.3 Å². The van der Waals surface area contributed by atoms with Crippen LogP contribution in [0.4, 0.5) is 0 Å². The summed E-state index contributed by atoms with van der Waals surface area (Å²) in [5, 5.41) is 10.9. The minimum atomic E-state index is -0.201. The van der Waals surface area contributed by atoms with Crippen LogP contribution in [0.5, 0.6) is 0 Å². The van der Waals surface area contributed by atoms with Gasteiger partial charge >= 0.3 is 0 Å². The molecule has 5 nitrogen and oxygen atoms in total. The van der Waals surface area contributed by atoms with E-state index in [0.29, 0.717) is 6.04 Å². The zero-order chi connectivity index (χ0) is 17.0. The van der Waals surface area contributed by atoms with Crippen molar-refractivity contribution in [2.24, 2.45) is 0 Å². The van der Waals surface area contributed by atoms with Crippen LogP contribution in [0.2, 0.25) is 0 Å². The van der Waals surface area contributed by atoms with Crippen LogP contribution in [0.15, 0.2) is 17.6 Å². The first-order valence-corrected chi connectivity index (χ1v) is 10.1. The molecule has 1 N–H and O–H groups in total. The average Bonchev–Trinajstić information content (AvgIpc) is 2.95. The molecule has 2 heterocycles. The summed E-state index contributed by atoms with van der Waals surface area (Å²) in [6, 6.07) is 0.296. The van der Waals surface area contributed by atoms with Crippen LogP contribution in [0.1, 0.15) is 51.0 Å². The second-order valence-corrected chi connectivity index (χ2v) is 8.07. The van der Waals surface area contributed by atoms with Crippen LogP contribution < -0.4 is 0 Å². The van der Waals surface area contributed by atoms with Gasteiger partial charge in [0.2, 0.25) is 0 Å². The third kappa shape index (κ3) is 3.93. The Bertz CT molecular complexity index is 528. The van der Waals surface area contributed by atoms with E-state index in [-0.39, 0.29) is 11.7 Å². The van der Waals surface area contributed by atoms with E-state index in [0.717, 1.165) is 55.2 Å². The minimum Gasteiger partial charge on any atom is -0.393 e. The van der Waals surface area contributed by atoms with Crippen LogP contribution in [0, 0.1) is 0 Å². The van der Waals surface area contributed by atoms with Gasteiger partial charge in [-0.05, 0) is 32.1 Å². The van der Waals surface area contributed by atoms with Gasteiger partial charge in [-0.1, -0.05) is 25.1 Å². The van der Waals surface area contributed by atoms with Gasteiger partial charge in [0, 0.05) is 50.0 Å². The molecule has 3 atom stereocenters. The number of aromatic nitrogens is 2. The van der Waals surface area contributed by atoms with E-state index in [1.807, 2.05) is 19.5 Å². The van der Waals surface area contributed by atoms with E-state index < -0.39 is 0 Å². The van der Waals surface area contributed by atoms with Gasteiger partial charge in [-0.15, -0.1) is 0 Å². The van der Waals surface area contributed by atoms with Gasteiger partial charge < -0.3 is 9.84 Å². The number of aliphatic hydroxyl groups is 1. The van der Waals surface area contributed by atoms with Crippen molar-refractivity contribution in [3.8, 4) is 0 Å². The predicted molar refractivity (Wildman–Crippen MR) is 96.1 cm³/mol. The van der Waals surface area contributed by atoms with E-state index in [1.165, 1.54) is 12.8 Å². The molecule has 1 saturated carbocycles. The first kappa shape index (κ1) is 18.1. The largest absolute Gasteiger partial charge is 0.393 e. The van der Waals surface area contributed by atoms with Gasteiger partial charge in [-0.2, -0.15) is 0 Å². The Balaban J connectivity index is 1.61. The molecule has 1 aliphatic heterocycles. The molecule has 134 valence electrons. The first-order chi connectivity index (χ1) is 11.7. The zero-order valence-electron chi connectivity index (χ0n) is 14.8. The fourth-order valence-electron chi connectivity index (χ4n) is 4.00. The number of nitrogens with zero attached hydrogens (tertiary/aromatic N) is 3. The second kappa shape index (κ2) is 8.13. The molecule has 0 amide bonds. The lowest BCUT2D eigenvalue weighted by molar-refractivity contribution is -0.0879. The van der Waals surface area contributed by atoms with Crippen LogP contribution in [-0.4, -0.2) is 57.1 Å². The van der Waals surface area contributed by atoms with Crippen molar-refractivity contribution in [2.45, 2.75) is 74.9 Å². The van der Waals surface area contributed by atoms with Crippen molar-refractivity contribution in [1.82, 2.24) is 14.9 Å². The summed E-state index contributed by atoms with van der Waals surface area (Å²) >= 11 is 1.73. The summed E-state index contributed by atoms with van der Waals surface area (Å²) in [6.45, 7) is 4.05. The first-order valence-electron chi connectivity index (χ1n) is 9.08. The van der Waals surface area contributed by atoms with Gasteiger partial charge in [-0.3, -0.25) is 4.90 Å². The summed E-state index contributed by atoms with van der Waals surface area (Å²) in [6.07, 6.45) is 9.77. The number of aliphatic hydroxyl groups excluding tert-OH is 1. The van der Waals surface area contributed by atoms with Crippen molar-refractivity contribution >= 4 is 11.8 Å². The molecular formula is C18H29N3O2S. The van der Waals surface area contributed by atoms with Crippen LogP contribution in [0.25, 0.3) is 0 Å². The van der Waals surface area contributed by atoms with Gasteiger partial charge in [0.15, 0.2) is 5.16 Å². The molecule has 0 radical (unpaired) electrons. The van der Waals surface area contributed by atoms with E-state index in [1.54, 1.807) is 11.8 Å². The molecule has 1 aromatic heterocycles. The van der Waals surface area contributed by atoms with Crippen LogP contribution in [0.3, 0.4) is 0 Å². The van der Waals surface area contributed by atoms with Crippen molar-refractivity contribution in [2.75, 3.05) is 19.4 Å². The number of likely N-dealkylation sites (tertiary alicyclic amines) is 1. The number of ether oxygens (including phenoxy) is 1. The molecule has 6 heteroatoms. The molecule has 2 aliphatic rings. The lowest BCUT2D eigenvalue weighted by Gasteiger charge is -2.42. The van der Waals surface area contributed by atoms with Crippen molar-refractivity contribution in [3.63, 3.8) is 0 Å². The molecule has 24 heavy (non-hydrogen) atoms. The van der Waals surface area contributed by atoms with Gasteiger partial charge in [-0.25, -0.2) is 9.97 Å². The highest BCUT2D eigenvalue weighted by Gasteiger charge is 2.50. The fourth-order valence-corrected chi connectivity index (χ4v) is 4.87. The van der Waals surface area contributed by atoms with E-state index in [4.69, 9.17) is 4.74 Å². The molecule has 2 unspecified atom stereocenters. The molecule has 0 aromatic carbocycles. The van der Waals surface area contributed by atoms with Gasteiger partial charge in [0.1, 0.15) is 0 Å². The molecular weight excluding hydrogens is 322 g/mol. The fraction of sp³-hybridized carbons (Fsp3) is 0.778. The highest BCUT2D eigenvalue weighted by molar-refractivity contribution is 7.99. The molecule has 1 aromatic rings. The summed E-state index contributed by atoms with van der Waals surface area (Å²) in [4.78, 5) is 11.4. The minimum absolute atomic E-state index is 0.0734. The molecule has 1 saturated heterocycles. The Morgan fingerprint density at radius 2 is 2.17 bits per heavy atom. The van der Waals surface area contributed by atoms with E-state index in [2.05, 4.69) is 21.8 Å². The number of fused-ring (bicyclic) bond motifs is 1. The number of unbranched alkanes of at least 4 members (excludes halogenated alkanes) is 1. The summed E-state index contributed by atoms with van der Waals surface area (Å²) in [5.74, 6) is 1.08. The summed E-state index contributed by atoms with van der Waals surface area (Å²) in [5.41, 5.74) is 1.07. The summed E-state index contributed by atoms with van der Waals surface area (Å²) < 4.78 is 5.91. The highest BCUT2D eigenvalue weighted by Crippen LogP contribution is 2.42. The number of hydrogen-bond donors (Lipinski definition) is 1. The van der Waals surface area contributed by atoms with Gasteiger partial charge in [0.25, 0.3) is 0 Å². The molecule has 0 bridgehead atoms. The van der Waals surface area contributed by atoms with Crippen molar-refractivity contribution < 1.29 is 9.84 Å². The Kier molecular flexibility index (Phi) is 6.13. The monoisotopic (exact) mass is 351 g/mol. The Morgan fingerprint density at radius 3 is 2.88 bits per heavy atom. The Hall–Kier alpha value is -0.690. The number of rotatable bonds is 7. The average molecular weight is 352 g/mol. The highest BCUT2D eigenvalue weighted by atomic mass is 32.2. The third-order valence-electron chi connectivity index (χ3n) is 5.47. The zero-order valence-corrected chi connectivity index (χ0v) is 15.6. The number of methoxy groups -OCH3 is 1. The maximum Gasteiger partial charge on any atom is 0.187 e. The molecule has 0 spiro atoms. The molecule has 3 rings (SSSR count). The van der Waals surface area contributed by atoms with Crippen molar-refractivity contribution in [3.05, 3.63) is 18.0 Å². The topological polar surface area (TPSA) is 58.5 Å². The Morgan fingerprint density at radius 1 is 1.38 bits per heavy atom. The maximum absolute atomic E-state index is 10.1. The van der Waals surface area contributed by atoms with Gasteiger partial charge in [0.05, 0.1) is 11.7 Å². The van der Waals surface area contributed by atoms with E-state index >= 15 is 0 Å². The third-order valence-corrected chi connectivity index (χ3v) is 6.43. The lowest BCUT2D eigenvalue weighted by Crippen LogP contribution is -2.51. The van der Waals surface area contributed by atoms with E-state index in [9.17, 15) is 5.11 Å². The lowest BCUT2D eigenvalue weighted by atomic mass is 9.79. The standard InChI is InChI=1S/C18H29N3O2S/c1-3-4-9-24-17-19-11-14(12-20-17)13-21-8-7-18(23-2)6-5-15(22)10-16(18)21/h11-12,15-16,22H,3-10,13H2,1-2H3/t15?,16?,18-/m1/s1. The van der Waals surface area contributed by atoms with Crippen LogP contribution >= 0.6 is 11.8 Å². The number of thioether (sulfide) groups is 1. The molecule has 2 fully saturated rings. The molecule has 1 aliphatic carbocycles. The predicted octanol–water partition coefficient (Wildman–Crippen LogP) is 2.87. The second-order valence-electron chi connectivity index (χ2n) is 7.01. The maximum atomic E-state index is 10.1. The number of hydrogen-bond acceptors (Lipinski definition) is 6. The normalized spacial score (nSPS) is 30.5. The Labute approximate surface area is 149 Å². The SMILES string of the molecule is CCCCSc1ncc(CN2CC[C@]3(OC)CCC(O)CC23)cn1. The summed E-state index contributed by atoms with van der Waals surface area (Å²) in [7, 11) is 1.82. The smallest absolute Gasteiger partial charge is 0.187 e. The van der Waals surface area contributed by atoms with Crippen molar-refractivity contribution in [1.29, 1.82) is 0 Å².